The highest BCUT2D eigenvalue weighted by molar-refractivity contribution is 5.33. The third kappa shape index (κ3) is 2.96. The minimum atomic E-state index is 0.232. The van der Waals surface area contributed by atoms with Gasteiger partial charge in [-0.05, 0) is 35.7 Å². The van der Waals surface area contributed by atoms with Crippen molar-refractivity contribution < 1.29 is 0 Å². The molecule has 2 rings (SSSR count). The molecular weight excluding hydrogens is 220 g/mol. The fraction of sp³-hybridized carbons (Fsp3) is 0.312. The Labute approximate surface area is 109 Å². The van der Waals surface area contributed by atoms with Crippen LogP contribution in [0.5, 0.6) is 0 Å². The fourth-order valence-electron chi connectivity index (χ4n) is 2.17. The van der Waals surface area contributed by atoms with Gasteiger partial charge in [0, 0.05) is 12.4 Å². The predicted octanol–water partition coefficient (Wildman–Crippen LogP) is 3.34. The molecule has 0 aliphatic heterocycles. The zero-order valence-corrected chi connectivity index (χ0v) is 11.1. The molecule has 0 aliphatic rings. The van der Waals surface area contributed by atoms with Crippen molar-refractivity contribution in [3.63, 3.8) is 0 Å². The van der Waals surface area contributed by atoms with Crippen LogP contribution in [0.25, 0.3) is 0 Å². The first-order valence-corrected chi connectivity index (χ1v) is 6.57. The lowest BCUT2D eigenvalue weighted by molar-refractivity contribution is 0.628. The number of rotatable bonds is 5. The van der Waals surface area contributed by atoms with Crippen LogP contribution in [0.3, 0.4) is 0 Å². The first-order valence-electron chi connectivity index (χ1n) is 6.57. The summed E-state index contributed by atoms with van der Waals surface area (Å²) in [6, 6.07) is 13.1. The summed E-state index contributed by atoms with van der Waals surface area (Å²) in [5.41, 5.74) is 3.90. The molecule has 0 fully saturated rings. The molecule has 1 atom stereocenters. The third-order valence-corrected chi connectivity index (χ3v) is 3.12. The van der Waals surface area contributed by atoms with E-state index in [4.69, 9.17) is 0 Å². The predicted molar refractivity (Wildman–Crippen MR) is 75.6 cm³/mol. The minimum absolute atomic E-state index is 0.232. The van der Waals surface area contributed by atoms with Gasteiger partial charge in [0.1, 0.15) is 0 Å². The molecule has 0 aliphatic carbocycles. The smallest absolute Gasteiger partial charge is 0.0591 e. The molecule has 0 bridgehead atoms. The molecule has 1 heterocycles. The minimum Gasteiger partial charge on any atom is -0.306 e. The normalized spacial score (nSPS) is 12.3. The Morgan fingerprint density at radius 2 is 1.94 bits per heavy atom. The Hall–Kier alpha value is -1.67. The van der Waals surface area contributed by atoms with Crippen LogP contribution in [0.2, 0.25) is 0 Å². The molecule has 0 saturated carbocycles. The summed E-state index contributed by atoms with van der Waals surface area (Å²) in [6.07, 6.45) is 4.82. The van der Waals surface area contributed by atoms with Gasteiger partial charge in [0.25, 0.3) is 0 Å². The summed E-state index contributed by atoms with van der Waals surface area (Å²) in [4.78, 5) is 4.22. The van der Waals surface area contributed by atoms with E-state index in [1.54, 1.807) is 0 Å². The van der Waals surface area contributed by atoms with E-state index in [1.165, 1.54) is 16.7 Å². The molecule has 18 heavy (non-hydrogen) atoms. The molecule has 2 nitrogen and oxygen atoms in total. The van der Waals surface area contributed by atoms with Crippen molar-refractivity contribution in [2.24, 2.45) is 0 Å². The van der Waals surface area contributed by atoms with E-state index < -0.39 is 0 Å². The van der Waals surface area contributed by atoms with E-state index >= 15 is 0 Å². The van der Waals surface area contributed by atoms with Gasteiger partial charge in [-0.2, -0.15) is 0 Å². The van der Waals surface area contributed by atoms with Crippen molar-refractivity contribution in [3.05, 3.63) is 65.5 Å². The van der Waals surface area contributed by atoms with Crippen LogP contribution in [-0.2, 0) is 6.42 Å². The van der Waals surface area contributed by atoms with Crippen molar-refractivity contribution >= 4 is 0 Å². The summed E-state index contributed by atoms with van der Waals surface area (Å²) in [6.45, 7) is 5.26. The van der Waals surface area contributed by atoms with Crippen molar-refractivity contribution in [1.29, 1.82) is 0 Å². The summed E-state index contributed by atoms with van der Waals surface area (Å²) >= 11 is 0. The van der Waals surface area contributed by atoms with Gasteiger partial charge in [-0.1, -0.05) is 44.2 Å². The highest BCUT2D eigenvalue weighted by Gasteiger charge is 2.12. The number of nitrogens with zero attached hydrogens (tertiary/aromatic N) is 1. The van der Waals surface area contributed by atoms with Crippen molar-refractivity contribution in [2.75, 3.05) is 6.54 Å². The second-order valence-corrected chi connectivity index (χ2v) is 4.38. The number of aromatic nitrogens is 1. The second-order valence-electron chi connectivity index (χ2n) is 4.38. The second kappa shape index (κ2) is 6.31. The zero-order valence-electron chi connectivity index (χ0n) is 11.1. The Balaban J connectivity index is 2.35. The van der Waals surface area contributed by atoms with Gasteiger partial charge in [-0.15, -0.1) is 0 Å². The Bertz CT molecular complexity index is 479. The average Bonchev–Trinajstić information content (AvgIpc) is 2.46. The van der Waals surface area contributed by atoms with Crippen LogP contribution in [0.1, 0.15) is 36.6 Å². The topological polar surface area (TPSA) is 24.9 Å². The van der Waals surface area contributed by atoms with Crippen molar-refractivity contribution in [1.82, 2.24) is 10.3 Å². The molecule has 2 aromatic rings. The van der Waals surface area contributed by atoms with E-state index in [-0.39, 0.29) is 6.04 Å². The maximum Gasteiger partial charge on any atom is 0.0591 e. The number of pyridine rings is 1. The number of benzene rings is 1. The number of nitrogens with one attached hydrogen (secondary N) is 1. The first-order chi connectivity index (χ1) is 8.85. The van der Waals surface area contributed by atoms with Crippen LogP contribution < -0.4 is 5.32 Å². The molecular formula is C16H20N2. The average molecular weight is 240 g/mol. The monoisotopic (exact) mass is 240 g/mol. The molecule has 94 valence electrons. The van der Waals surface area contributed by atoms with Crippen LogP contribution in [0.15, 0.2) is 48.8 Å². The standard InChI is InChI=1S/C16H20N2/c1-3-13-7-5-8-14(11-13)16(18-4-2)15-9-6-10-17-12-15/h5-12,16,18H,3-4H2,1-2H3. The molecule has 0 spiro atoms. The molecule has 1 unspecified atom stereocenters. The summed E-state index contributed by atoms with van der Waals surface area (Å²) < 4.78 is 0. The zero-order chi connectivity index (χ0) is 12.8. The van der Waals surface area contributed by atoms with Crippen LogP contribution in [-0.4, -0.2) is 11.5 Å². The maximum absolute atomic E-state index is 4.22. The molecule has 1 aromatic heterocycles. The van der Waals surface area contributed by atoms with Crippen LogP contribution in [0.4, 0.5) is 0 Å². The van der Waals surface area contributed by atoms with Gasteiger partial charge >= 0.3 is 0 Å². The summed E-state index contributed by atoms with van der Waals surface area (Å²) in [7, 11) is 0. The van der Waals surface area contributed by atoms with Gasteiger partial charge < -0.3 is 5.32 Å². The van der Waals surface area contributed by atoms with Gasteiger partial charge in [0.05, 0.1) is 6.04 Å². The molecule has 0 saturated heterocycles. The lowest BCUT2D eigenvalue weighted by Gasteiger charge is -2.19. The van der Waals surface area contributed by atoms with E-state index in [9.17, 15) is 0 Å². The third-order valence-electron chi connectivity index (χ3n) is 3.12. The van der Waals surface area contributed by atoms with Crippen LogP contribution in [0, 0.1) is 0 Å². The van der Waals surface area contributed by atoms with E-state index in [0.717, 1.165) is 13.0 Å². The number of aryl methyl sites for hydroxylation is 1. The van der Waals surface area contributed by atoms with Crippen molar-refractivity contribution in [2.45, 2.75) is 26.3 Å². The summed E-state index contributed by atoms with van der Waals surface area (Å²) in [5, 5.41) is 3.53. The number of hydrogen-bond donors (Lipinski definition) is 1. The lowest BCUT2D eigenvalue weighted by Crippen LogP contribution is -2.22. The Kier molecular flexibility index (Phi) is 4.48. The summed E-state index contributed by atoms with van der Waals surface area (Å²) in [5.74, 6) is 0. The highest BCUT2D eigenvalue weighted by Crippen LogP contribution is 2.22. The largest absolute Gasteiger partial charge is 0.306 e. The van der Waals surface area contributed by atoms with Crippen LogP contribution >= 0.6 is 0 Å². The number of hydrogen-bond acceptors (Lipinski definition) is 2. The molecule has 0 amide bonds. The Morgan fingerprint density at radius 3 is 2.61 bits per heavy atom. The Morgan fingerprint density at radius 1 is 1.11 bits per heavy atom. The van der Waals surface area contributed by atoms with E-state index in [1.807, 2.05) is 18.5 Å². The fourth-order valence-corrected chi connectivity index (χ4v) is 2.17. The molecule has 0 radical (unpaired) electrons. The highest BCUT2D eigenvalue weighted by atomic mass is 14.9. The molecule has 1 aromatic carbocycles. The van der Waals surface area contributed by atoms with Gasteiger partial charge in [0.2, 0.25) is 0 Å². The lowest BCUT2D eigenvalue weighted by atomic mass is 9.97. The van der Waals surface area contributed by atoms with Gasteiger partial charge in [0.15, 0.2) is 0 Å². The van der Waals surface area contributed by atoms with E-state index in [0.29, 0.717) is 0 Å². The van der Waals surface area contributed by atoms with E-state index in [2.05, 4.69) is 54.5 Å². The molecule has 2 heteroatoms. The van der Waals surface area contributed by atoms with Gasteiger partial charge in [-0.3, -0.25) is 4.98 Å². The first kappa shape index (κ1) is 12.8. The van der Waals surface area contributed by atoms with Gasteiger partial charge in [-0.25, -0.2) is 0 Å². The SMILES string of the molecule is CCNC(c1cccnc1)c1cccc(CC)c1. The molecule has 1 N–H and O–H groups in total. The maximum atomic E-state index is 4.22. The van der Waals surface area contributed by atoms with Crippen molar-refractivity contribution in [3.8, 4) is 0 Å². The quantitative estimate of drug-likeness (QED) is 0.867.